The Morgan fingerprint density at radius 3 is 2.32 bits per heavy atom. The number of rotatable bonds is 7. The molecule has 1 aromatic carbocycles. The van der Waals surface area contributed by atoms with E-state index in [1.54, 1.807) is 38.3 Å². The van der Waals surface area contributed by atoms with Crippen molar-refractivity contribution < 1.29 is 14.3 Å². The summed E-state index contributed by atoms with van der Waals surface area (Å²) in [6, 6.07) is 7.37. The molecule has 1 amide bonds. The molecular weight excluding hydrogens is 242 g/mol. The van der Waals surface area contributed by atoms with E-state index in [2.05, 4.69) is 12.2 Å². The number of ether oxygens (including phenoxy) is 2. The van der Waals surface area contributed by atoms with Crippen LogP contribution in [-0.2, 0) is 4.79 Å². The van der Waals surface area contributed by atoms with Gasteiger partial charge in [-0.05, 0) is 44.5 Å². The van der Waals surface area contributed by atoms with Gasteiger partial charge >= 0.3 is 0 Å². The minimum absolute atomic E-state index is 0.0863. The third-order valence-electron chi connectivity index (χ3n) is 2.85. The molecule has 0 aliphatic rings. The van der Waals surface area contributed by atoms with Crippen molar-refractivity contribution in [3.05, 3.63) is 24.3 Å². The molecule has 0 radical (unpaired) electrons. The summed E-state index contributed by atoms with van der Waals surface area (Å²) in [6.45, 7) is 5.85. The van der Waals surface area contributed by atoms with Gasteiger partial charge in [0.1, 0.15) is 11.5 Å². The first-order valence-corrected chi connectivity index (χ1v) is 6.68. The Bertz CT molecular complexity index is 389. The normalized spacial score (nSPS) is 13.5. The quantitative estimate of drug-likeness (QED) is 0.824. The fourth-order valence-corrected chi connectivity index (χ4v) is 1.78. The second-order valence-electron chi connectivity index (χ2n) is 4.63. The third kappa shape index (κ3) is 5.20. The van der Waals surface area contributed by atoms with Crippen LogP contribution in [0.4, 0.5) is 0 Å². The van der Waals surface area contributed by atoms with E-state index >= 15 is 0 Å². The number of hydrogen-bond donors (Lipinski definition) is 1. The molecule has 0 unspecified atom stereocenters. The molecule has 0 heterocycles. The Kier molecular flexibility index (Phi) is 6.19. The summed E-state index contributed by atoms with van der Waals surface area (Å²) in [7, 11) is 1.61. The molecule has 0 saturated carbocycles. The van der Waals surface area contributed by atoms with Crippen molar-refractivity contribution in [3.8, 4) is 11.5 Å². The Balaban J connectivity index is 2.48. The van der Waals surface area contributed by atoms with Gasteiger partial charge in [-0.2, -0.15) is 0 Å². The lowest BCUT2D eigenvalue weighted by Crippen LogP contribution is -2.41. The number of carbonyl (C=O) groups is 1. The molecule has 0 bridgehead atoms. The molecule has 1 rings (SSSR count). The largest absolute Gasteiger partial charge is 0.497 e. The van der Waals surface area contributed by atoms with E-state index in [4.69, 9.17) is 9.47 Å². The topological polar surface area (TPSA) is 47.6 Å². The zero-order valence-corrected chi connectivity index (χ0v) is 12.1. The van der Waals surface area contributed by atoms with Gasteiger partial charge in [-0.3, -0.25) is 4.79 Å². The highest BCUT2D eigenvalue weighted by molar-refractivity contribution is 5.80. The van der Waals surface area contributed by atoms with Crippen LogP contribution in [0.5, 0.6) is 11.5 Å². The molecule has 2 atom stereocenters. The fraction of sp³-hybridized carbons (Fsp3) is 0.533. The van der Waals surface area contributed by atoms with E-state index in [-0.39, 0.29) is 11.9 Å². The molecule has 0 aliphatic carbocycles. The highest BCUT2D eigenvalue weighted by atomic mass is 16.5. The van der Waals surface area contributed by atoms with Crippen molar-refractivity contribution in [2.24, 2.45) is 0 Å². The molecule has 0 aromatic heterocycles. The molecule has 1 N–H and O–H groups in total. The molecule has 4 nitrogen and oxygen atoms in total. The maximum Gasteiger partial charge on any atom is 0.260 e. The number of methoxy groups -OCH3 is 1. The second-order valence-corrected chi connectivity index (χ2v) is 4.63. The highest BCUT2D eigenvalue weighted by Gasteiger charge is 2.16. The summed E-state index contributed by atoms with van der Waals surface area (Å²) < 4.78 is 10.7. The summed E-state index contributed by atoms with van der Waals surface area (Å²) in [4.78, 5) is 11.9. The van der Waals surface area contributed by atoms with Gasteiger partial charge in [0.05, 0.1) is 7.11 Å². The van der Waals surface area contributed by atoms with Crippen LogP contribution in [0.2, 0.25) is 0 Å². The van der Waals surface area contributed by atoms with Crippen LogP contribution in [0.15, 0.2) is 24.3 Å². The Labute approximate surface area is 115 Å². The number of carbonyl (C=O) groups excluding carboxylic acids is 1. The van der Waals surface area contributed by atoms with Crippen molar-refractivity contribution in [2.45, 2.75) is 45.8 Å². The Hall–Kier alpha value is -1.71. The zero-order chi connectivity index (χ0) is 14.3. The minimum Gasteiger partial charge on any atom is -0.497 e. The summed E-state index contributed by atoms with van der Waals surface area (Å²) >= 11 is 0. The highest BCUT2D eigenvalue weighted by Crippen LogP contribution is 2.18. The molecule has 4 heteroatoms. The predicted octanol–water partition coefficient (Wildman–Crippen LogP) is 2.77. The van der Waals surface area contributed by atoms with Crippen molar-refractivity contribution >= 4 is 5.91 Å². The molecule has 106 valence electrons. The van der Waals surface area contributed by atoms with E-state index in [1.807, 2.05) is 6.92 Å². The van der Waals surface area contributed by atoms with Crippen LogP contribution >= 0.6 is 0 Å². The average Bonchev–Trinajstić information content (AvgIpc) is 2.39. The molecule has 0 spiro atoms. The van der Waals surface area contributed by atoms with E-state index in [0.29, 0.717) is 5.75 Å². The van der Waals surface area contributed by atoms with E-state index in [1.165, 1.54) is 0 Å². The van der Waals surface area contributed by atoms with Crippen LogP contribution in [0, 0.1) is 0 Å². The van der Waals surface area contributed by atoms with Gasteiger partial charge < -0.3 is 14.8 Å². The lowest BCUT2D eigenvalue weighted by Gasteiger charge is -2.18. The first-order valence-electron chi connectivity index (χ1n) is 6.68. The summed E-state index contributed by atoms with van der Waals surface area (Å²) in [5, 5.41) is 2.93. The van der Waals surface area contributed by atoms with Crippen molar-refractivity contribution in [1.82, 2.24) is 5.32 Å². The van der Waals surface area contributed by atoms with E-state index in [9.17, 15) is 4.79 Å². The summed E-state index contributed by atoms with van der Waals surface area (Å²) in [6.07, 6.45) is 1.52. The first-order chi connectivity index (χ1) is 9.06. The van der Waals surface area contributed by atoms with Crippen LogP contribution in [0.1, 0.15) is 33.6 Å². The van der Waals surface area contributed by atoms with Gasteiger partial charge in [0, 0.05) is 6.04 Å². The predicted molar refractivity (Wildman–Crippen MR) is 75.6 cm³/mol. The Morgan fingerprint density at radius 1 is 1.21 bits per heavy atom. The molecule has 0 saturated heterocycles. The molecule has 0 aliphatic heterocycles. The van der Waals surface area contributed by atoms with Gasteiger partial charge in [-0.25, -0.2) is 0 Å². The fourth-order valence-electron chi connectivity index (χ4n) is 1.78. The molecule has 19 heavy (non-hydrogen) atoms. The monoisotopic (exact) mass is 265 g/mol. The van der Waals surface area contributed by atoms with Gasteiger partial charge in [0.15, 0.2) is 6.10 Å². The average molecular weight is 265 g/mol. The number of benzene rings is 1. The third-order valence-corrected chi connectivity index (χ3v) is 2.85. The lowest BCUT2D eigenvalue weighted by molar-refractivity contribution is -0.127. The summed E-state index contributed by atoms with van der Waals surface area (Å²) in [5.41, 5.74) is 0. The van der Waals surface area contributed by atoms with Gasteiger partial charge in [-0.15, -0.1) is 0 Å². The van der Waals surface area contributed by atoms with Crippen LogP contribution in [0.25, 0.3) is 0 Å². The molecular formula is C15H23NO3. The molecule has 0 fully saturated rings. The van der Waals surface area contributed by atoms with Crippen LogP contribution < -0.4 is 14.8 Å². The van der Waals surface area contributed by atoms with Gasteiger partial charge in [0.25, 0.3) is 5.91 Å². The number of amides is 1. The van der Waals surface area contributed by atoms with Gasteiger partial charge in [-0.1, -0.05) is 13.3 Å². The lowest BCUT2D eigenvalue weighted by atomic mass is 10.2. The zero-order valence-electron chi connectivity index (χ0n) is 12.1. The smallest absolute Gasteiger partial charge is 0.260 e. The summed E-state index contributed by atoms with van der Waals surface area (Å²) in [5.74, 6) is 1.34. The van der Waals surface area contributed by atoms with Crippen molar-refractivity contribution in [1.29, 1.82) is 0 Å². The van der Waals surface area contributed by atoms with Gasteiger partial charge in [0.2, 0.25) is 0 Å². The molecule has 1 aromatic rings. The first kappa shape index (κ1) is 15.3. The standard InChI is InChI=1S/C15H23NO3/c1-5-6-11(2)16-15(17)12(3)19-14-9-7-13(18-4)8-10-14/h7-12H,5-6H2,1-4H3,(H,16,17)/t11-,12+/m1/s1. The minimum atomic E-state index is -0.507. The number of hydrogen-bond acceptors (Lipinski definition) is 3. The maximum atomic E-state index is 11.9. The van der Waals surface area contributed by atoms with E-state index < -0.39 is 6.10 Å². The SMILES string of the molecule is CCC[C@@H](C)NC(=O)[C@H](C)Oc1ccc(OC)cc1. The van der Waals surface area contributed by atoms with Crippen LogP contribution in [-0.4, -0.2) is 25.2 Å². The number of nitrogens with one attached hydrogen (secondary N) is 1. The maximum absolute atomic E-state index is 11.9. The van der Waals surface area contributed by atoms with Crippen LogP contribution in [0.3, 0.4) is 0 Å². The second kappa shape index (κ2) is 7.67. The van der Waals surface area contributed by atoms with E-state index in [0.717, 1.165) is 18.6 Å². The van der Waals surface area contributed by atoms with Crippen molar-refractivity contribution in [3.63, 3.8) is 0 Å². The van der Waals surface area contributed by atoms with Crippen molar-refractivity contribution in [2.75, 3.05) is 7.11 Å². The Morgan fingerprint density at radius 2 is 1.79 bits per heavy atom.